The molecule has 19 heavy (non-hydrogen) atoms. The third kappa shape index (κ3) is 1.35. The van der Waals surface area contributed by atoms with Crippen molar-refractivity contribution < 1.29 is 9.21 Å². The summed E-state index contributed by atoms with van der Waals surface area (Å²) in [4.78, 5) is 11.3. The number of hydrogen-bond acceptors (Lipinski definition) is 2. The molecule has 2 aromatic heterocycles. The van der Waals surface area contributed by atoms with Gasteiger partial charge in [0.05, 0.1) is 6.26 Å². The van der Waals surface area contributed by atoms with Crippen LogP contribution in [0.4, 0.5) is 0 Å². The molecular weight excluding hydrogens is 238 g/mol. The van der Waals surface area contributed by atoms with Gasteiger partial charge in [-0.15, -0.1) is 0 Å². The van der Waals surface area contributed by atoms with Crippen molar-refractivity contribution in [3.8, 4) is 17.0 Å². The van der Waals surface area contributed by atoms with E-state index in [-0.39, 0.29) is 0 Å². The van der Waals surface area contributed by atoms with E-state index >= 15 is 0 Å². The topological polar surface area (TPSA) is 35.1 Å². The molecule has 1 aromatic carbocycles. The van der Waals surface area contributed by atoms with Crippen molar-refractivity contribution in [1.29, 1.82) is 0 Å². The smallest absolute Gasteiger partial charge is 0.152 e. The van der Waals surface area contributed by atoms with Crippen molar-refractivity contribution in [2.75, 3.05) is 0 Å². The van der Waals surface area contributed by atoms with Crippen LogP contribution >= 0.6 is 0 Å². The number of aromatic nitrogens is 1. The summed E-state index contributed by atoms with van der Waals surface area (Å²) >= 11 is 0. The minimum Gasteiger partial charge on any atom is -0.464 e. The van der Waals surface area contributed by atoms with Crippen molar-refractivity contribution in [3.05, 3.63) is 65.7 Å². The Labute approximate surface area is 110 Å². The molecule has 1 aliphatic heterocycles. The highest BCUT2D eigenvalue weighted by Gasteiger charge is 2.25. The number of hydrogen-bond donors (Lipinski definition) is 0. The first kappa shape index (κ1) is 10.4. The average molecular weight is 249 g/mol. The molecule has 0 spiro atoms. The summed E-state index contributed by atoms with van der Waals surface area (Å²) in [5, 5.41) is 0. The van der Waals surface area contributed by atoms with E-state index in [2.05, 4.69) is 16.7 Å². The lowest BCUT2D eigenvalue weighted by molar-refractivity contribution is 0.112. The molecule has 0 atom stereocenters. The molecule has 0 amide bonds. The van der Waals surface area contributed by atoms with Gasteiger partial charge >= 0.3 is 0 Å². The summed E-state index contributed by atoms with van der Waals surface area (Å²) in [6.07, 6.45) is 5.26. The first-order valence-electron chi connectivity index (χ1n) is 6.20. The van der Waals surface area contributed by atoms with Crippen LogP contribution in [0.2, 0.25) is 0 Å². The quantitative estimate of drug-likeness (QED) is 0.510. The second-order valence-corrected chi connectivity index (χ2v) is 4.68. The highest BCUT2D eigenvalue weighted by atomic mass is 16.3. The minimum atomic E-state index is 0.680. The lowest BCUT2D eigenvalue weighted by Crippen LogP contribution is -1.88. The van der Waals surface area contributed by atoms with E-state index in [9.17, 15) is 4.79 Å². The summed E-state index contributed by atoms with van der Waals surface area (Å²) in [5.41, 5.74) is 5.15. The Balaban J connectivity index is 2.00. The van der Waals surface area contributed by atoms with E-state index in [4.69, 9.17) is 4.42 Å². The van der Waals surface area contributed by atoms with E-state index in [0.29, 0.717) is 5.56 Å². The van der Waals surface area contributed by atoms with Gasteiger partial charge in [-0.3, -0.25) is 4.79 Å². The molecule has 3 nitrogen and oxygen atoms in total. The standard InChI is InChI=1S/C16H11NO2/c18-10-12-9-17-13-5-2-1-4-11(13)8-14(17)16(12)15-6-3-7-19-15/h1-7,9-10H,8H2. The second-order valence-electron chi connectivity index (χ2n) is 4.68. The molecule has 0 N–H and O–H groups in total. The highest BCUT2D eigenvalue weighted by Crippen LogP contribution is 2.37. The summed E-state index contributed by atoms with van der Waals surface area (Å²) < 4.78 is 7.57. The number of rotatable bonds is 2. The maximum absolute atomic E-state index is 11.3. The Bertz CT molecular complexity index is 766. The fourth-order valence-corrected chi connectivity index (χ4v) is 2.83. The number of fused-ring (bicyclic) bond motifs is 3. The molecule has 92 valence electrons. The fraction of sp³-hybridized carbons (Fsp3) is 0.0625. The van der Waals surface area contributed by atoms with E-state index in [0.717, 1.165) is 35.4 Å². The van der Waals surface area contributed by atoms with Crippen molar-refractivity contribution in [1.82, 2.24) is 4.57 Å². The van der Waals surface area contributed by atoms with Crippen LogP contribution in [0.1, 0.15) is 21.6 Å². The number of carbonyl (C=O) groups excluding carboxylic acids is 1. The third-order valence-electron chi connectivity index (χ3n) is 3.64. The van der Waals surface area contributed by atoms with Crippen molar-refractivity contribution in [2.24, 2.45) is 0 Å². The minimum absolute atomic E-state index is 0.680. The largest absolute Gasteiger partial charge is 0.464 e. The lowest BCUT2D eigenvalue weighted by atomic mass is 10.0. The molecule has 0 aliphatic carbocycles. The van der Waals surface area contributed by atoms with Crippen LogP contribution in [0.5, 0.6) is 0 Å². The Morgan fingerprint density at radius 1 is 1.16 bits per heavy atom. The number of aldehydes is 1. The Morgan fingerprint density at radius 2 is 2.05 bits per heavy atom. The van der Waals surface area contributed by atoms with Gasteiger partial charge in [0.2, 0.25) is 0 Å². The van der Waals surface area contributed by atoms with Gasteiger partial charge in [-0.25, -0.2) is 0 Å². The van der Waals surface area contributed by atoms with Gasteiger partial charge in [-0.05, 0) is 23.8 Å². The van der Waals surface area contributed by atoms with Gasteiger partial charge in [0.25, 0.3) is 0 Å². The van der Waals surface area contributed by atoms with E-state index in [1.165, 1.54) is 5.56 Å². The zero-order chi connectivity index (χ0) is 12.8. The van der Waals surface area contributed by atoms with Crippen LogP contribution in [0.15, 0.2) is 53.3 Å². The molecule has 0 radical (unpaired) electrons. The molecule has 3 aromatic rings. The maximum Gasteiger partial charge on any atom is 0.152 e. The Hall–Kier alpha value is -2.55. The predicted octanol–water partition coefficient (Wildman–Crippen LogP) is 3.45. The Morgan fingerprint density at radius 3 is 2.84 bits per heavy atom. The fourth-order valence-electron chi connectivity index (χ4n) is 2.83. The molecule has 3 heteroatoms. The molecule has 4 rings (SSSR count). The van der Waals surface area contributed by atoms with Gasteiger partial charge in [-0.2, -0.15) is 0 Å². The highest BCUT2D eigenvalue weighted by molar-refractivity contribution is 5.89. The number of benzene rings is 1. The summed E-state index contributed by atoms with van der Waals surface area (Å²) in [6, 6.07) is 12.0. The summed E-state index contributed by atoms with van der Waals surface area (Å²) in [7, 11) is 0. The van der Waals surface area contributed by atoms with E-state index in [1.54, 1.807) is 6.26 Å². The second kappa shape index (κ2) is 3.72. The third-order valence-corrected chi connectivity index (χ3v) is 3.64. The molecule has 0 saturated carbocycles. The Kier molecular flexibility index (Phi) is 2.03. The van der Waals surface area contributed by atoms with Gasteiger partial charge in [-0.1, -0.05) is 18.2 Å². The molecule has 1 aliphatic rings. The molecule has 0 bridgehead atoms. The molecule has 3 heterocycles. The van der Waals surface area contributed by atoms with E-state index < -0.39 is 0 Å². The van der Waals surface area contributed by atoms with Crippen LogP contribution in [-0.2, 0) is 6.42 Å². The first-order chi connectivity index (χ1) is 9.38. The molecular formula is C16H11NO2. The zero-order valence-electron chi connectivity index (χ0n) is 10.2. The van der Waals surface area contributed by atoms with Crippen LogP contribution in [0.25, 0.3) is 17.0 Å². The molecule has 0 saturated heterocycles. The molecule has 0 unspecified atom stereocenters. The van der Waals surface area contributed by atoms with Crippen LogP contribution in [-0.4, -0.2) is 10.9 Å². The predicted molar refractivity (Wildman–Crippen MR) is 71.7 cm³/mol. The lowest BCUT2D eigenvalue weighted by Gasteiger charge is -1.99. The molecule has 0 fully saturated rings. The summed E-state index contributed by atoms with van der Waals surface area (Å²) in [5.74, 6) is 0.753. The van der Waals surface area contributed by atoms with Crippen molar-refractivity contribution in [2.45, 2.75) is 6.42 Å². The number of furan rings is 1. The van der Waals surface area contributed by atoms with Gasteiger partial charge in [0.15, 0.2) is 6.29 Å². The van der Waals surface area contributed by atoms with E-state index in [1.807, 2.05) is 30.5 Å². The van der Waals surface area contributed by atoms with Gasteiger partial charge in [0, 0.05) is 35.1 Å². The first-order valence-corrected chi connectivity index (χ1v) is 6.20. The summed E-state index contributed by atoms with van der Waals surface area (Å²) in [6.45, 7) is 0. The SMILES string of the molecule is O=Cc1cn2c(c1-c1ccco1)Cc1ccccc1-2. The van der Waals surface area contributed by atoms with Crippen molar-refractivity contribution >= 4 is 6.29 Å². The average Bonchev–Trinajstić information content (AvgIpc) is 3.12. The van der Waals surface area contributed by atoms with Gasteiger partial charge < -0.3 is 8.98 Å². The van der Waals surface area contributed by atoms with Gasteiger partial charge in [0.1, 0.15) is 5.76 Å². The van der Waals surface area contributed by atoms with Crippen molar-refractivity contribution in [3.63, 3.8) is 0 Å². The zero-order valence-corrected chi connectivity index (χ0v) is 10.2. The van der Waals surface area contributed by atoms with Crippen LogP contribution in [0.3, 0.4) is 0 Å². The maximum atomic E-state index is 11.3. The van der Waals surface area contributed by atoms with Crippen LogP contribution < -0.4 is 0 Å². The number of carbonyl (C=O) groups is 1. The number of para-hydroxylation sites is 1. The van der Waals surface area contributed by atoms with Crippen LogP contribution in [0, 0.1) is 0 Å². The monoisotopic (exact) mass is 249 g/mol. The normalized spacial score (nSPS) is 12.2. The number of nitrogens with zero attached hydrogens (tertiary/aromatic N) is 1.